The summed E-state index contributed by atoms with van der Waals surface area (Å²) >= 11 is 17.1. The maximum Gasteiger partial charge on any atom is 0.494 e. The van der Waals surface area contributed by atoms with E-state index in [0.29, 0.717) is 5.75 Å². The van der Waals surface area contributed by atoms with Gasteiger partial charge in [-0.3, -0.25) is 4.39 Å². The zero-order chi connectivity index (χ0) is 81.5. The van der Waals surface area contributed by atoms with Gasteiger partial charge >= 0.3 is 21.1 Å². The monoisotopic (exact) mass is 1830 g/mol. The lowest BCUT2D eigenvalue weighted by atomic mass is 9.49. The molecule has 0 aliphatic carbocycles. The molecule has 10 nitrogen and oxygen atoms in total. The summed E-state index contributed by atoms with van der Waals surface area (Å²) < 4.78 is 75.5. The van der Waals surface area contributed by atoms with Crippen molar-refractivity contribution >= 4 is 215 Å². The number of hydrogen-bond acceptors (Lipinski definition) is 10. The largest absolute Gasteiger partial charge is 0.507 e. The van der Waals surface area contributed by atoms with Crippen LogP contribution in [-0.4, -0.2) is 67.0 Å². The van der Waals surface area contributed by atoms with E-state index in [1.165, 1.54) is 43.4 Å². The number of phenolic OH excluding ortho intramolecular Hbond substituents is 1. The van der Waals surface area contributed by atoms with E-state index >= 15 is 0 Å². The molecular formula is C95H85B3Br5FO10. The molecule has 6 heterocycles. The van der Waals surface area contributed by atoms with Crippen LogP contribution in [0.2, 0.25) is 0 Å². The first-order chi connectivity index (χ1) is 54.8. The molecule has 576 valence electrons. The van der Waals surface area contributed by atoms with Crippen LogP contribution in [0.15, 0.2) is 309 Å². The van der Waals surface area contributed by atoms with Crippen molar-refractivity contribution in [2.45, 2.75) is 117 Å². The first-order valence-electron chi connectivity index (χ1n) is 38.3. The highest BCUT2D eigenvalue weighted by Crippen LogP contribution is 2.45. The molecular weight excluding hydrogens is 1750 g/mol. The smallest absolute Gasteiger partial charge is 0.494 e. The number of rotatable bonds is 4. The van der Waals surface area contributed by atoms with E-state index in [2.05, 4.69) is 247 Å². The first-order valence-corrected chi connectivity index (χ1v) is 41.5. The predicted octanol–water partition coefficient (Wildman–Crippen LogP) is 28.7. The molecule has 14 aromatic carbocycles. The number of alkyl halides is 1. The number of fused-ring (bicyclic) bond motifs is 16. The van der Waals surface area contributed by atoms with Gasteiger partial charge in [0.1, 0.15) is 39.2 Å². The molecule has 0 atom stereocenters. The Bertz CT molecular complexity index is 6290. The molecule has 3 fully saturated rings. The third kappa shape index (κ3) is 17.0. The van der Waals surface area contributed by atoms with Crippen molar-refractivity contribution < 1.29 is 52.0 Å². The van der Waals surface area contributed by atoms with Crippen LogP contribution in [0.25, 0.3) is 131 Å². The van der Waals surface area contributed by atoms with Crippen LogP contribution in [0.5, 0.6) is 5.75 Å². The van der Waals surface area contributed by atoms with E-state index in [1.807, 2.05) is 189 Å². The Morgan fingerprint density at radius 3 is 1.03 bits per heavy atom. The third-order valence-corrected chi connectivity index (χ3v) is 25.0. The van der Waals surface area contributed by atoms with Crippen LogP contribution in [0.4, 0.5) is 4.39 Å². The zero-order valence-corrected chi connectivity index (χ0v) is 73.2. The highest BCUT2D eigenvalue weighted by atomic mass is 79.9. The van der Waals surface area contributed by atoms with Gasteiger partial charge in [-0.05, 0) is 230 Å². The third-order valence-electron chi connectivity index (χ3n) is 22.4. The molecule has 20 rings (SSSR count). The maximum absolute atomic E-state index is 10.4. The van der Waals surface area contributed by atoms with Gasteiger partial charge in [0, 0.05) is 81.8 Å². The van der Waals surface area contributed by atoms with Gasteiger partial charge in [-0.1, -0.05) is 250 Å². The molecule has 0 unspecified atom stereocenters. The van der Waals surface area contributed by atoms with Crippen molar-refractivity contribution in [2.24, 2.45) is 0 Å². The van der Waals surface area contributed by atoms with Gasteiger partial charge in [0.15, 0.2) is 0 Å². The van der Waals surface area contributed by atoms with Gasteiger partial charge in [0.25, 0.3) is 0 Å². The molecule has 3 aliphatic rings. The Morgan fingerprint density at radius 1 is 0.289 bits per heavy atom. The van der Waals surface area contributed by atoms with Crippen molar-refractivity contribution in [3.05, 3.63) is 295 Å². The lowest BCUT2D eigenvalue weighted by molar-refractivity contribution is 0.00578. The number of hydrogen-bond donors (Lipinski definition) is 1. The zero-order valence-electron chi connectivity index (χ0n) is 66.3. The van der Waals surface area contributed by atoms with E-state index in [-0.39, 0.29) is 40.7 Å². The Labute approximate surface area is 708 Å². The first kappa shape index (κ1) is 80.8. The Morgan fingerprint density at radius 2 is 0.596 bits per heavy atom. The highest BCUT2D eigenvalue weighted by molar-refractivity contribution is 9.11. The van der Waals surface area contributed by atoms with Crippen LogP contribution in [-0.2, 0) is 27.9 Å². The number of benzene rings is 14. The van der Waals surface area contributed by atoms with E-state index in [9.17, 15) is 9.50 Å². The molecule has 3 aromatic heterocycles. The van der Waals surface area contributed by atoms with Crippen molar-refractivity contribution in [1.82, 2.24) is 0 Å². The normalized spacial score (nSPS) is 16.2. The topological polar surface area (TPSA) is 115 Å². The van der Waals surface area contributed by atoms with Gasteiger partial charge in [0.2, 0.25) is 0 Å². The molecule has 17 aromatic rings. The van der Waals surface area contributed by atoms with E-state index in [0.717, 1.165) is 116 Å². The summed E-state index contributed by atoms with van der Waals surface area (Å²) in [7, 11) is -2.32. The average molecular weight is 1840 g/mol. The minimum atomic E-state index is -1.00. The molecule has 19 heteroatoms. The minimum absolute atomic E-state index is 0.333. The summed E-state index contributed by atoms with van der Waals surface area (Å²) in [6, 6.07) is 92.8. The Hall–Kier alpha value is -8.40. The second-order valence-electron chi connectivity index (χ2n) is 31.4. The SMILES string of the molecule is Brc1ccc(-c2ccc3ccc4c5ccccc5oc4c3c2)cc1.Brc1ccc(Br)cc1.Brc1ccc2ccc3c4ccccc4oc3c2c1.CC1(C)OB(B2OC(C)(C)C(C)(C)O2)OC1(C)C.CC1(C)OB(c2ccc3ccc4c5ccccc5oc4c3c2)OC1(C)C.Oc1c(-c2ccccc2)ccc2ccc(Br)cc12.[2H]CF. The van der Waals surface area contributed by atoms with Crippen LogP contribution in [0.1, 0.15) is 84.5 Å². The molecule has 0 saturated carbocycles. The summed E-state index contributed by atoms with van der Waals surface area (Å²) in [6.07, 6.45) is 0. The Balaban J connectivity index is 0.000000116. The van der Waals surface area contributed by atoms with Gasteiger partial charge < -0.3 is 46.3 Å². The second kappa shape index (κ2) is 33.3. The molecule has 0 amide bonds. The van der Waals surface area contributed by atoms with Crippen LogP contribution >= 0.6 is 79.6 Å². The molecule has 0 radical (unpaired) electrons. The van der Waals surface area contributed by atoms with Crippen LogP contribution < -0.4 is 5.46 Å². The maximum atomic E-state index is 10.4. The highest BCUT2D eigenvalue weighted by Gasteiger charge is 2.64. The number of aromatic hydroxyl groups is 1. The van der Waals surface area contributed by atoms with E-state index in [4.69, 9.17) is 42.5 Å². The molecule has 3 aliphatic heterocycles. The summed E-state index contributed by atoms with van der Waals surface area (Å²) in [6.45, 7) is 24.5. The lowest BCUT2D eigenvalue weighted by Crippen LogP contribution is -2.41. The number of phenols is 1. The average Bonchev–Trinajstić information content (AvgIpc) is 1.61. The number of para-hydroxylation sites is 3. The minimum Gasteiger partial charge on any atom is -0.507 e. The van der Waals surface area contributed by atoms with Crippen molar-refractivity contribution in [3.63, 3.8) is 0 Å². The summed E-state index contributed by atoms with van der Waals surface area (Å²) in [4.78, 5) is 0. The Kier molecular flexibility index (Phi) is 23.6. The molecule has 0 spiro atoms. The van der Waals surface area contributed by atoms with Gasteiger partial charge in [-0.25, -0.2) is 0 Å². The van der Waals surface area contributed by atoms with Crippen molar-refractivity contribution in [2.75, 3.05) is 7.15 Å². The van der Waals surface area contributed by atoms with E-state index in [1.54, 1.807) is 0 Å². The standard InChI is InChI=1S/C22H21BO3.C22H13BrO.C16H9BrO.C16H11BrO.C12H24B2O4.C6H4Br2.CH3F/c1-21(2)22(3,4)26-23(25-21)15-11-9-14-10-12-17-16-7-5-6-8-19(16)24-20(17)18(14)13-15;23-17-10-7-14(8-11-17)16-6-5-15-9-12-19-18-3-1-2-4-21(18)24-22(19)20(15)13-16;17-11-7-5-10-6-8-13-12-3-1-2-4-15(12)18-16(13)14(10)9-11;17-13-8-6-12-7-9-14(16(18)15(12)10-13)11-4-2-1-3-5-11;1-9(2)10(3,4)16-13(15-9)14-17-11(5,6)12(7,8)18-14;7-5-1-2-6(8)4-3-5;1-2/h5-13H,1-4H3;1-13H;1-9H;1-10,18H;1-8H3;1-4H;1H3/i;;;;;;1D. The summed E-state index contributed by atoms with van der Waals surface area (Å²) in [5, 5.41) is 26.2. The van der Waals surface area contributed by atoms with Crippen molar-refractivity contribution in [3.8, 4) is 28.0 Å². The summed E-state index contributed by atoms with van der Waals surface area (Å²) in [5.74, 6) is 0.333. The summed E-state index contributed by atoms with van der Waals surface area (Å²) in [5.41, 5.74) is 8.81. The van der Waals surface area contributed by atoms with Crippen molar-refractivity contribution in [1.29, 1.82) is 0 Å². The van der Waals surface area contributed by atoms with Crippen LogP contribution in [0, 0.1) is 0 Å². The lowest BCUT2D eigenvalue weighted by Gasteiger charge is -2.32. The second-order valence-corrected chi connectivity index (χ2v) is 36.0. The van der Waals surface area contributed by atoms with Gasteiger partial charge in [0.05, 0.1) is 42.1 Å². The molecule has 3 saturated heterocycles. The van der Waals surface area contributed by atoms with Gasteiger partial charge in [-0.2, -0.15) is 0 Å². The van der Waals surface area contributed by atoms with Crippen LogP contribution in [0.3, 0.4) is 0 Å². The number of furan rings is 3. The quantitative estimate of drug-likeness (QED) is 0.171. The molecule has 114 heavy (non-hydrogen) atoms. The van der Waals surface area contributed by atoms with E-state index < -0.39 is 21.2 Å². The predicted molar refractivity (Wildman–Crippen MR) is 490 cm³/mol. The fourth-order valence-electron chi connectivity index (χ4n) is 14.0. The number of halogens is 6. The molecule has 1 N–H and O–H groups in total. The molecule has 0 bridgehead atoms. The fraction of sp³-hybridized carbons (Fsp3) is 0.200. The van der Waals surface area contributed by atoms with Gasteiger partial charge in [-0.15, -0.1) is 0 Å². The fourth-order valence-corrected chi connectivity index (χ4v) is 15.5.